The Labute approximate surface area is 159 Å². The van der Waals surface area contributed by atoms with Crippen LogP contribution in [0.25, 0.3) is 10.2 Å². The van der Waals surface area contributed by atoms with Gasteiger partial charge in [0.05, 0.1) is 19.6 Å². The molecule has 3 aromatic rings. The molecule has 0 amide bonds. The molecule has 3 rings (SSSR count). The van der Waals surface area contributed by atoms with E-state index >= 15 is 0 Å². The van der Waals surface area contributed by atoms with E-state index in [0.717, 1.165) is 10.4 Å². The summed E-state index contributed by atoms with van der Waals surface area (Å²) in [5.41, 5.74) is 0.855. The molecule has 27 heavy (non-hydrogen) atoms. The number of carbonyl (C=O) groups is 1. The largest absolute Gasteiger partial charge is 0.496 e. The zero-order chi connectivity index (χ0) is 19.7. The number of thiophene rings is 1. The zero-order valence-corrected chi connectivity index (χ0v) is 16.5. The number of ether oxygens (including phenoxy) is 3. The minimum atomic E-state index is -0.757. The van der Waals surface area contributed by atoms with Crippen LogP contribution in [0, 0.1) is 13.8 Å². The Balaban J connectivity index is 1.94. The van der Waals surface area contributed by atoms with Gasteiger partial charge in [0.1, 0.15) is 21.9 Å². The number of methoxy groups -OCH3 is 2. The second-order valence-electron chi connectivity index (χ2n) is 6.00. The number of fused-ring (bicyclic) bond motifs is 1. The quantitative estimate of drug-likeness (QED) is 0.673. The van der Waals surface area contributed by atoms with Crippen molar-refractivity contribution in [3.05, 3.63) is 50.4 Å². The number of hydrogen-bond donors (Lipinski definition) is 1. The second-order valence-corrected chi connectivity index (χ2v) is 7.20. The molecule has 8 heteroatoms. The Morgan fingerprint density at radius 1 is 1.19 bits per heavy atom. The van der Waals surface area contributed by atoms with Gasteiger partial charge in [0, 0.05) is 4.88 Å². The molecular weight excluding hydrogens is 368 g/mol. The predicted octanol–water partition coefficient (Wildman–Crippen LogP) is 3.54. The van der Waals surface area contributed by atoms with Gasteiger partial charge in [-0.2, -0.15) is 0 Å². The summed E-state index contributed by atoms with van der Waals surface area (Å²) in [5.74, 6) is 0.343. The Kier molecular flexibility index (Phi) is 5.18. The molecule has 0 unspecified atom stereocenters. The first-order valence-electron chi connectivity index (χ1n) is 8.29. The number of rotatable bonds is 5. The number of benzene rings is 1. The van der Waals surface area contributed by atoms with Crippen LogP contribution in [0.2, 0.25) is 0 Å². The molecule has 0 fully saturated rings. The van der Waals surface area contributed by atoms with Gasteiger partial charge in [-0.15, -0.1) is 11.3 Å². The lowest BCUT2D eigenvalue weighted by atomic mass is 10.1. The van der Waals surface area contributed by atoms with E-state index in [9.17, 15) is 9.59 Å². The number of aromatic nitrogens is 2. The lowest BCUT2D eigenvalue weighted by Gasteiger charge is -2.16. The molecule has 0 spiro atoms. The number of nitrogens with one attached hydrogen (secondary N) is 1. The van der Waals surface area contributed by atoms with Crippen molar-refractivity contribution < 1.29 is 19.0 Å². The monoisotopic (exact) mass is 388 g/mol. The van der Waals surface area contributed by atoms with E-state index in [1.54, 1.807) is 25.1 Å². The van der Waals surface area contributed by atoms with E-state index in [1.807, 2.05) is 13.8 Å². The van der Waals surface area contributed by atoms with Gasteiger partial charge in [0.2, 0.25) is 0 Å². The fraction of sp³-hybridized carbons (Fsp3) is 0.316. The van der Waals surface area contributed by atoms with Crippen LogP contribution in [0.1, 0.15) is 39.7 Å². The maximum Gasteiger partial charge on any atom is 0.346 e. The molecule has 1 atom stereocenters. The van der Waals surface area contributed by atoms with Crippen molar-refractivity contribution in [3.8, 4) is 11.5 Å². The van der Waals surface area contributed by atoms with Gasteiger partial charge in [-0.25, -0.2) is 9.78 Å². The molecule has 0 aliphatic heterocycles. The maximum atomic E-state index is 12.7. The molecule has 2 aromatic heterocycles. The number of H-pyrrole nitrogens is 1. The molecular formula is C19H20N2O5S. The second kappa shape index (κ2) is 7.40. The number of carbonyl (C=O) groups excluding carboxylic acids is 1. The summed E-state index contributed by atoms with van der Waals surface area (Å²) in [5, 5.41) is 0.575. The summed E-state index contributed by atoms with van der Waals surface area (Å²) >= 11 is 1.44. The third-order valence-corrected chi connectivity index (χ3v) is 5.46. The maximum absolute atomic E-state index is 12.7. The summed E-state index contributed by atoms with van der Waals surface area (Å²) in [6.45, 7) is 5.48. The lowest BCUT2D eigenvalue weighted by Crippen LogP contribution is -2.18. The molecule has 0 aliphatic carbocycles. The van der Waals surface area contributed by atoms with Crippen molar-refractivity contribution in [2.45, 2.75) is 26.9 Å². The van der Waals surface area contributed by atoms with Crippen LogP contribution in [0.15, 0.2) is 23.0 Å². The SMILES string of the molecule is COc1cccc(OC)c1C(=O)O[C@H](C)c1nc2sc(C)c(C)c2c(=O)[nH]1. The van der Waals surface area contributed by atoms with E-state index in [0.29, 0.717) is 21.7 Å². The van der Waals surface area contributed by atoms with E-state index in [4.69, 9.17) is 14.2 Å². The molecule has 0 aliphatic rings. The topological polar surface area (TPSA) is 90.5 Å². The highest BCUT2D eigenvalue weighted by molar-refractivity contribution is 7.18. The number of aromatic amines is 1. The van der Waals surface area contributed by atoms with Crippen molar-refractivity contribution in [1.82, 2.24) is 9.97 Å². The molecule has 1 N–H and O–H groups in total. The van der Waals surface area contributed by atoms with Crippen LogP contribution < -0.4 is 15.0 Å². The minimum Gasteiger partial charge on any atom is -0.496 e. The fourth-order valence-corrected chi connectivity index (χ4v) is 3.83. The average molecular weight is 388 g/mol. The highest BCUT2D eigenvalue weighted by Crippen LogP contribution is 2.31. The summed E-state index contributed by atoms with van der Waals surface area (Å²) in [7, 11) is 2.92. The molecule has 0 saturated carbocycles. The first-order chi connectivity index (χ1) is 12.9. The molecule has 142 valence electrons. The summed E-state index contributed by atoms with van der Waals surface area (Å²) in [6, 6.07) is 5.01. The van der Waals surface area contributed by atoms with Gasteiger partial charge in [-0.05, 0) is 38.5 Å². The first kappa shape index (κ1) is 18.9. The van der Waals surface area contributed by atoms with Gasteiger partial charge >= 0.3 is 5.97 Å². The van der Waals surface area contributed by atoms with Gasteiger partial charge < -0.3 is 19.2 Å². The smallest absolute Gasteiger partial charge is 0.346 e. The first-order valence-corrected chi connectivity index (χ1v) is 9.10. The van der Waals surface area contributed by atoms with Crippen LogP contribution in [0.5, 0.6) is 11.5 Å². The van der Waals surface area contributed by atoms with Gasteiger partial charge in [-0.1, -0.05) is 6.07 Å². The Morgan fingerprint density at radius 2 is 1.81 bits per heavy atom. The van der Waals surface area contributed by atoms with Crippen molar-refractivity contribution in [2.75, 3.05) is 14.2 Å². The third kappa shape index (κ3) is 3.40. The van der Waals surface area contributed by atoms with Crippen LogP contribution >= 0.6 is 11.3 Å². The Morgan fingerprint density at radius 3 is 2.41 bits per heavy atom. The molecule has 1 aromatic carbocycles. The van der Waals surface area contributed by atoms with Crippen LogP contribution in [0.3, 0.4) is 0 Å². The van der Waals surface area contributed by atoms with Crippen molar-refractivity contribution in [3.63, 3.8) is 0 Å². The fourth-order valence-electron chi connectivity index (χ4n) is 2.79. The summed E-state index contributed by atoms with van der Waals surface area (Å²) in [6.07, 6.45) is -0.757. The molecule has 2 heterocycles. The van der Waals surface area contributed by atoms with Gasteiger partial charge in [0.15, 0.2) is 11.9 Å². The van der Waals surface area contributed by atoms with E-state index < -0.39 is 12.1 Å². The van der Waals surface area contributed by atoms with Gasteiger partial charge in [0.25, 0.3) is 5.56 Å². The number of esters is 1. The molecule has 0 saturated heterocycles. The third-order valence-electron chi connectivity index (χ3n) is 4.36. The number of nitrogens with zero attached hydrogens (tertiary/aromatic N) is 1. The molecule has 0 radical (unpaired) electrons. The van der Waals surface area contributed by atoms with Crippen molar-refractivity contribution >= 4 is 27.5 Å². The van der Waals surface area contributed by atoms with Crippen LogP contribution in [-0.2, 0) is 4.74 Å². The minimum absolute atomic E-state index is 0.181. The standard InChI is InChI=1S/C19H20N2O5S/c1-9-11(3)27-18-14(9)17(22)20-16(21-18)10(2)26-19(23)15-12(24-4)7-6-8-13(15)25-5/h6-8,10H,1-5H3,(H,20,21,22)/t10-/m1/s1. The molecule has 0 bridgehead atoms. The summed E-state index contributed by atoms with van der Waals surface area (Å²) < 4.78 is 16.0. The lowest BCUT2D eigenvalue weighted by molar-refractivity contribution is 0.0313. The van der Waals surface area contributed by atoms with Crippen molar-refractivity contribution in [1.29, 1.82) is 0 Å². The highest BCUT2D eigenvalue weighted by atomic mass is 32.1. The normalized spacial score (nSPS) is 12.0. The van der Waals surface area contributed by atoms with E-state index in [-0.39, 0.29) is 16.9 Å². The Bertz CT molecular complexity index is 1050. The zero-order valence-electron chi connectivity index (χ0n) is 15.7. The van der Waals surface area contributed by atoms with E-state index in [1.165, 1.54) is 25.6 Å². The van der Waals surface area contributed by atoms with E-state index in [2.05, 4.69) is 9.97 Å². The highest BCUT2D eigenvalue weighted by Gasteiger charge is 2.24. The van der Waals surface area contributed by atoms with Crippen molar-refractivity contribution in [2.24, 2.45) is 0 Å². The number of aryl methyl sites for hydroxylation is 2. The summed E-state index contributed by atoms with van der Waals surface area (Å²) in [4.78, 5) is 34.0. The Hall–Kier alpha value is -2.87. The van der Waals surface area contributed by atoms with Gasteiger partial charge in [-0.3, -0.25) is 4.79 Å². The van der Waals surface area contributed by atoms with Crippen LogP contribution in [-0.4, -0.2) is 30.2 Å². The predicted molar refractivity (Wildman–Crippen MR) is 103 cm³/mol. The molecule has 7 nitrogen and oxygen atoms in total. The van der Waals surface area contributed by atoms with Crippen LogP contribution in [0.4, 0.5) is 0 Å². The number of hydrogen-bond acceptors (Lipinski definition) is 7. The average Bonchev–Trinajstić information content (AvgIpc) is 2.94.